The number of hydrogen-bond acceptors (Lipinski definition) is 4. The molecule has 2 unspecified atom stereocenters. The molecular formula is C21H32N2O3S. The van der Waals surface area contributed by atoms with Crippen molar-refractivity contribution in [1.82, 2.24) is 5.32 Å². The number of piperidine rings is 1. The average molecular weight is 393 g/mol. The van der Waals surface area contributed by atoms with E-state index in [2.05, 4.69) is 17.1 Å². The van der Waals surface area contributed by atoms with E-state index in [0.717, 1.165) is 37.5 Å². The summed E-state index contributed by atoms with van der Waals surface area (Å²) in [6.45, 7) is 5.70. The topological polar surface area (TPSA) is 66.5 Å². The van der Waals surface area contributed by atoms with Gasteiger partial charge >= 0.3 is 0 Å². The Balaban J connectivity index is 1.46. The maximum atomic E-state index is 12.3. The average Bonchev–Trinajstić information content (AvgIpc) is 3.07. The lowest BCUT2D eigenvalue weighted by atomic mass is 10.00. The maximum Gasteiger partial charge on any atom is 0.220 e. The first-order valence-corrected chi connectivity index (χ1v) is 11.9. The Labute approximate surface area is 163 Å². The van der Waals surface area contributed by atoms with Crippen molar-refractivity contribution in [3.63, 3.8) is 0 Å². The SMILES string of the molecule is CCS(=O)(=O)c1ccc(N2CCC(NC(=O)CC3CCC(C)C3)CC2)cc1. The number of rotatable bonds is 6. The summed E-state index contributed by atoms with van der Waals surface area (Å²) in [4.78, 5) is 15.0. The van der Waals surface area contributed by atoms with Crippen molar-refractivity contribution in [2.75, 3.05) is 23.7 Å². The van der Waals surface area contributed by atoms with E-state index in [1.807, 2.05) is 12.1 Å². The monoisotopic (exact) mass is 392 g/mol. The van der Waals surface area contributed by atoms with Gasteiger partial charge in [0.2, 0.25) is 5.91 Å². The number of carbonyl (C=O) groups excluding carboxylic acids is 1. The molecular weight excluding hydrogens is 360 g/mol. The van der Waals surface area contributed by atoms with Crippen molar-refractivity contribution in [3.05, 3.63) is 24.3 Å². The van der Waals surface area contributed by atoms with E-state index in [-0.39, 0.29) is 17.7 Å². The van der Waals surface area contributed by atoms with Crippen molar-refractivity contribution in [1.29, 1.82) is 0 Å². The Morgan fingerprint density at radius 1 is 1.11 bits per heavy atom. The third-order valence-electron chi connectivity index (χ3n) is 6.08. The highest BCUT2D eigenvalue weighted by molar-refractivity contribution is 7.91. The van der Waals surface area contributed by atoms with E-state index in [4.69, 9.17) is 0 Å². The zero-order valence-electron chi connectivity index (χ0n) is 16.5. The van der Waals surface area contributed by atoms with E-state index in [1.165, 1.54) is 19.3 Å². The fourth-order valence-corrected chi connectivity index (χ4v) is 5.26. The van der Waals surface area contributed by atoms with Gasteiger partial charge in [0.1, 0.15) is 0 Å². The summed E-state index contributed by atoms with van der Waals surface area (Å²) in [5, 5.41) is 3.22. The van der Waals surface area contributed by atoms with Gasteiger partial charge in [-0.1, -0.05) is 20.3 Å². The van der Waals surface area contributed by atoms with Crippen molar-refractivity contribution in [2.24, 2.45) is 11.8 Å². The zero-order valence-corrected chi connectivity index (χ0v) is 17.3. The standard InChI is InChI=1S/C21H32N2O3S/c1-3-27(25,26)20-8-6-19(7-9-20)23-12-10-18(11-13-23)22-21(24)15-17-5-4-16(2)14-17/h6-9,16-18H,3-5,10-15H2,1-2H3,(H,22,24). The second-order valence-corrected chi connectivity index (χ2v) is 10.5. The molecule has 1 aliphatic heterocycles. The van der Waals surface area contributed by atoms with Gasteiger partial charge in [0.05, 0.1) is 10.6 Å². The molecule has 1 saturated heterocycles. The summed E-state index contributed by atoms with van der Waals surface area (Å²) < 4.78 is 23.8. The molecule has 0 bridgehead atoms. The van der Waals surface area contributed by atoms with Crippen molar-refractivity contribution in [2.45, 2.75) is 63.3 Å². The summed E-state index contributed by atoms with van der Waals surface area (Å²) >= 11 is 0. The van der Waals surface area contributed by atoms with E-state index < -0.39 is 9.84 Å². The van der Waals surface area contributed by atoms with Gasteiger partial charge in [-0.15, -0.1) is 0 Å². The summed E-state index contributed by atoms with van der Waals surface area (Å²) in [5.74, 6) is 1.67. The highest BCUT2D eigenvalue weighted by atomic mass is 32.2. The molecule has 150 valence electrons. The molecule has 2 aliphatic rings. The molecule has 2 fully saturated rings. The van der Waals surface area contributed by atoms with Gasteiger partial charge in [0.25, 0.3) is 0 Å². The number of benzene rings is 1. The molecule has 0 radical (unpaired) electrons. The Hall–Kier alpha value is -1.56. The molecule has 1 aromatic carbocycles. The first kappa shape index (κ1) is 20.2. The third-order valence-corrected chi connectivity index (χ3v) is 7.83. The van der Waals surface area contributed by atoms with E-state index in [0.29, 0.717) is 17.2 Å². The highest BCUT2D eigenvalue weighted by Gasteiger charge is 2.26. The Bertz CT molecular complexity index is 737. The molecule has 1 N–H and O–H groups in total. The van der Waals surface area contributed by atoms with Gasteiger partial charge in [-0.3, -0.25) is 4.79 Å². The minimum absolute atomic E-state index is 0.122. The first-order chi connectivity index (χ1) is 12.9. The van der Waals surface area contributed by atoms with Crippen LogP contribution >= 0.6 is 0 Å². The molecule has 5 nitrogen and oxygen atoms in total. The van der Waals surface area contributed by atoms with Crippen molar-refractivity contribution >= 4 is 21.4 Å². The van der Waals surface area contributed by atoms with Crippen LogP contribution in [0.1, 0.15) is 52.4 Å². The van der Waals surface area contributed by atoms with E-state index >= 15 is 0 Å². The highest BCUT2D eigenvalue weighted by Crippen LogP contribution is 2.32. The number of carbonyl (C=O) groups is 1. The van der Waals surface area contributed by atoms with Crippen LogP contribution in [0.2, 0.25) is 0 Å². The van der Waals surface area contributed by atoms with Crippen molar-refractivity contribution in [3.8, 4) is 0 Å². The second-order valence-electron chi connectivity index (χ2n) is 8.21. The minimum Gasteiger partial charge on any atom is -0.371 e. The number of anilines is 1. The molecule has 1 aromatic rings. The lowest BCUT2D eigenvalue weighted by molar-refractivity contribution is -0.122. The Morgan fingerprint density at radius 3 is 2.33 bits per heavy atom. The Morgan fingerprint density at radius 2 is 1.78 bits per heavy atom. The molecule has 1 heterocycles. The molecule has 1 aliphatic carbocycles. The summed E-state index contributed by atoms with van der Waals surface area (Å²) in [7, 11) is -3.15. The van der Waals surface area contributed by atoms with Gasteiger partial charge < -0.3 is 10.2 Å². The minimum atomic E-state index is -3.15. The number of nitrogens with zero attached hydrogens (tertiary/aromatic N) is 1. The maximum absolute atomic E-state index is 12.3. The lowest BCUT2D eigenvalue weighted by Crippen LogP contribution is -2.45. The number of sulfone groups is 1. The van der Waals surface area contributed by atoms with Crippen LogP contribution in [-0.2, 0) is 14.6 Å². The van der Waals surface area contributed by atoms with Gasteiger partial charge in [0, 0.05) is 31.2 Å². The van der Waals surface area contributed by atoms with Crippen LogP contribution in [0, 0.1) is 11.8 Å². The summed E-state index contributed by atoms with van der Waals surface area (Å²) in [6.07, 6.45) is 6.18. The van der Waals surface area contributed by atoms with Gasteiger partial charge in [-0.05, 0) is 61.8 Å². The van der Waals surface area contributed by atoms with E-state index in [9.17, 15) is 13.2 Å². The molecule has 1 saturated carbocycles. The number of amides is 1. The van der Waals surface area contributed by atoms with E-state index in [1.54, 1.807) is 19.1 Å². The fourth-order valence-electron chi connectivity index (χ4n) is 4.37. The normalized spacial score (nSPS) is 24.1. The van der Waals surface area contributed by atoms with Crippen molar-refractivity contribution < 1.29 is 13.2 Å². The third kappa shape index (κ3) is 5.24. The molecule has 6 heteroatoms. The molecule has 0 spiro atoms. The predicted octanol–water partition coefficient (Wildman–Crippen LogP) is 3.39. The molecule has 0 aromatic heterocycles. The molecule has 2 atom stereocenters. The van der Waals surface area contributed by atoms with Crippen LogP contribution in [0.4, 0.5) is 5.69 Å². The molecule has 1 amide bonds. The van der Waals surface area contributed by atoms with Crippen LogP contribution in [0.15, 0.2) is 29.2 Å². The van der Waals surface area contributed by atoms with Gasteiger partial charge in [0.15, 0.2) is 9.84 Å². The van der Waals surface area contributed by atoms with Crippen LogP contribution < -0.4 is 10.2 Å². The lowest BCUT2D eigenvalue weighted by Gasteiger charge is -2.34. The van der Waals surface area contributed by atoms with Gasteiger partial charge in [-0.2, -0.15) is 0 Å². The zero-order chi connectivity index (χ0) is 19.4. The first-order valence-electron chi connectivity index (χ1n) is 10.2. The van der Waals surface area contributed by atoms with Gasteiger partial charge in [-0.25, -0.2) is 8.42 Å². The Kier molecular flexibility index (Phi) is 6.45. The van der Waals surface area contributed by atoms with Crippen LogP contribution in [0.5, 0.6) is 0 Å². The quantitative estimate of drug-likeness (QED) is 0.806. The largest absolute Gasteiger partial charge is 0.371 e. The smallest absolute Gasteiger partial charge is 0.220 e. The van der Waals surface area contributed by atoms with Crippen LogP contribution in [-0.4, -0.2) is 39.2 Å². The predicted molar refractivity (Wildman–Crippen MR) is 109 cm³/mol. The second kappa shape index (κ2) is 8.63. The molecule has 27 heavy (non-hydrogen) atoms. The summed E-state index contributed by atoms with van der Waals surface area (Å²) in [5.41, 5.74) is 1.05. The fraction of sp³-hybridized carbons (Fsp3) is 0.667. The molecule has 3 rings (SSSR count). The number of hydrogen-bond donors (Lipinski definition) is 1. The van der Waals surface area contributed by atoms with Crippen LogP contribution in [0.25, 0.3) is 0 Å². The van der Waals surface area contributed by atoms with Crippen LogP contribution in [0.3, 0.4) is 0 Å². The summed E-state index contributed by atoms with van der Waals surface area (Å²) in [6, 6.07) is 7.44. The number of nitrogens with one attached hydrogen (secondary N) is 1.